The Morgan fingerprint density at radius 1 is 1.27 bits per heavy atom. The fourth-order valence-electron chi connectivity index (χ4n) is 0.863. The molecule has 0 unspecified atom stereocenters. The Morgan fingerprint density at radius 2 is 1.80 bits per heavy atom. The second-order valence-electron chi connectivity index (χ2n) is 2.50. The maximum atomic E-state index is 12.9. The average molecular weight is 250 g/mol. The van der Waals surface area contributed by atoms with Crippen LogP contribution in [0.4, 0.5) is 26.3 Å². The van der Waals surface area contributed by atoms with E-state index in [1.54, 1.807) is 0 Å². The standard InChI is InChI=1S/C7H2ClF6N/c8-3-1-2(6(10)11)4(9)5(15-3)7(12,13)14/h1,6H. The molecule has 0 atom stereocenters. The molecule has 15 heavy (non-hydrogen) atoms. The number of hydrogen-bond donors (Lipinski definition) is 0. The number of pyridine rings is 1. The summed E-state index contributed by atoms with van der Waals surface area (Å²) < 4.78 is 73.2. The summed E-state index contributed by atoms with van der Waals surface area (Å²) in [5.74, 6) is -2.10. The Labute approximate surface area is 84.7 Å². The minimum Gasteiger partial charge on any atom is -0.229 e. The van der Waals surface area contributed by atoms with Gasteiger partial charge in [-0.15, -0.1) is 0 Å². The maximum Gasteiger partial charge on any atom is 0.436 e. The van der Waals surface area contributed by atoms with Crippen LogP contribution in [-0.4, -0.2) is 4.98 Å². The first-order chi connectivity index (χ1) is 6.73. The van der Waals surface area contributed by atoms with Crippen molar-refractivity contribution >= 4 is 11.6 Å². The highest BCUT2D eigenvalue weighted by Crippen LogP contribution is 2.34. The Bertz CT molecular complexity index is 374. The molecule has 0 amide bonds. The molecule has 0 aromatic carbocycles. The second-order valence-corrected chi connectivity index (χ2v) is 2.88. The lowest BCUT2D eigenvalue weighted by Crippen LogP contribution is -2.13. The normalized spacial score (nSPS) is 12.3. The molecule has 0 N–H and O–H groups in total. The van der Waals surface area contributed by atoms with Gasteiger partial charge in [0.25, 0.3) is 6.43 Å². The van der Waals surface area contributed by atoms with E-state index in [0.29, 0.717) is 6.07 Å². The first kappa shape index (κ1) is 12.1. The van der Waals surface area contributed by atoms with Gasteiger partial charge in [-0.3, -0.25) is 0 Å². The van der Waals surface area contributed by atoms with Gasteiger partial charge in [0.1, 0.15) is 5.15 Å². The number of rotatable bonds is 1. The van der Waals surface area contributed by atoms with Gasteiger partial charge in [-0.2, -0.15) is 13.2 Å². The summed E-state index contributed by atoms with van der Waals surface area (Å²) in [6.45, 7) is 0. The predicted octanol–water partition coefficient (Wildman–Crippen LogP) is 3.83. The van der Waals surface area contributed by atoms with Gasteiger partial charge in [-0.05, 0) is 6.07 Å². The maximum absolute atomic E-state index is 12.9. The molecule has 1 rings (SSSR count). The average Bonchev–Trinajstić information content (AvgIpc) is 2.06. The fourth-order valence-corrected chi connectivity index (χ4v) is 1.07. The van der Waals surface area contributed by atoms with Gasteiger partial charge in [0.2, 0.25) is 0 Å². The van der Waals surface area contributed by atoms with Crippen LogP contribution in [0.5, 0.6) is 0 Å². The van der Waals surface area contributed by atoms with Crippen LogP contribution in [0, 0.1) is 5.82 Å². The zero-order chi connectivity index (χ0) is 11.8. The van der Waals surface area contributed by atoms with Crippen LogP contribution < -0.4 is 0 Å². The lowest BCUT2D eigenvalue weighted by atomic mass is 10.2. The lowest BCUT2D eigenvalue weighted by Gasteiger charge is -2.10. The zero-order valence-electron chi connectivity index (χ0n) is 6.75. The van der Waals surface area contributed by atoms with Crippen LogP contribution in [-0.2, 0) is 6.18 Å². The van der Waals surface area contributed by atoms with Crippen molar-refractivity contribution in [2.24, 2.45) is 0 Å². The largest absolute Gasteiger partial charge is 0.436 e. The van der Waals surface area contributed by atoms with E-state index in [9.17, 15) is 26.3 Å². The zero-order valence-corrected chi connectivity index (χ0v) is 7.50. The molecule has 0 aliphatic rings. The van der Waals surface area contributed by atoms with Crippen LogP contribution in [0.2, 0.25) is 5.15 Å². The van der Waals surface area contributed by atoms with Crippen molar-refractivity contribution < 1.29 is 26.3 Å². The Hall–Kier alpha value is -0.980. The summed E-state index contributed by atoms with van der Waals surface area (Å²) in [7, 11) is 0. The molecule has 1 nitrogen and oxygen atoms in total. The summed E-state index contributed by atoms with van der Waals surface area (Å²) in [5.41, 5.74) is -3.45. The molecule has 8 heteroatoms. The predicted molar refractivity (Wildman–Crippen MR) is 39.2 cm³/mol. The molecule has 0 aliphatic carbocycles. The van der Waals surface area contributed by atoms with Gasteiger partial charge >= 0.3 is 6.18 Å². The molecule has 0 fully saturated rings. The van der Waals surface area contributed by atoms with Crippen molar-refractivity contribution in [2.75, 3.05) is 0 Å². The number of nitrogens with zero attached hydrogens (tertiary/aromatic N) is 1. The minimum atomic E-state index is -5.15. The molecule has 84 valence electrons. The van der Waals surface area contributed by atoms with Crippen molar-refractivity contribution in [1.29, 1.82) is 0 Å². The molecule has 1 heterocycles. The summed E-state index contributed by atoms with van der Waals surface area (Å²) in [6, 6.07) is 0.358. The number of hydrogen-bond acceptors (Lipinski definition) is 1. The van der Waals surface area contributed by atoms with Gasteiger partial charge in [-0.1, -0.05) is 11.6 Å². The van der Waals surface area contributed by atoms with E-state index in [1.807, 2.05) is 0 Å². The molecule has 1 aromatic heterocycles. The van der Waals surface area contributed by atoms with Crippen LogP contribution in [0.1, 0.15) is 17.7 Å². The molecular weight excluding hydrogens is 248 g/mol. The first-order valence-electron chi connectivity index (χ1n) is 3.44. The third kappa shape index (κ3) is 2.53. The lowest BCUT2D eigenvalue weighted by molar-refractivity contribution is -0.143. The highest BCUT2D eigenvalue weighted by Gasteiger charge is 2.38. The Balaban J connectivity index is 3.42. The third-order valence-corrected chi connectivity index (χ3v) is 1.65. The van der Waals surface area contributed by atoms with Crippen molar-refractivity contribution in [3.63, 3.8) is 0 Å². The van der Waals surface area contributed by atoms with E-state index in [0.717, 1.165) is 0 Å². The van der Waals surface area contributed by atoms with Crippen molar-refractivity contribution in [3.05, 3.63) is 28.3 Å². The smallest absolute Gasteiger partial charge is 0.229 e. The SMILES string of the molecule is Fc1c(C(F)F)cc(Cl)nc1C(F)(F)F. The van der Waals surface area contributed by atoms with Crippen LogP contribution in [0.3, 0.4) is 0 Å². The summed E-state index contributed by atoms with van der Waals surface area (Å²) in [5, 5.41) is -0.834. The molecule has 0 aliphatic heterocycles. The summed E-state index contributed by atoms with van der Waals surface area (Å²) in [4.78, 5) is 2.62. The number of alkyl halides is 5. The number of halogens is 7. The van der Waals surface area contributed by atoms with Crippen molar-refractivity contribution in [3.8, 4) is 0 Å². The van der Waals surface area contributed by atoms with Gasteiger partial charge in [0.05, 0.1) is 5.56 Å². The van der Waals surface area contributed by atoms with Crippen molar-refractivity contribution in [2.45, 2.75) is 12.6 Å². The molecular formula is C7H2ClF6N. The van der Waals surface area contributed by atoms with Crippen LogP contribution in [0.25, 0.3) is 0 Å². The van der Waals surface area contributed by atoms with Crippen molar-refractivity contribution in [1.82, 2.24) is 4.98 Å². The van der Waals surface area contributed by atoms with Gasteiger partial charge in [0.15, 0.2) is 11.5 Å². The summed E-state index contributed by atoms with van der Waals surface area (Å²) in [6.07, 6.45) is -8.54. The van der Waals surface area contributed by atoms with E-state index < -0.39 is 34.8 Å². The Kier molecular flexibility index (Phi) is 3.13. The van der Waals surface area contributed by atoms with Gasteiger partial charge in [-0.25, -0.2) is 18.2 Å². The van der Waals surface area contributed by atoms with E-state index in [4.69, 9.17) is 11.6 Å². The molecule has 0 bridgehead atoms. The Morgan fingerprint density at radius 3 is 2.20 bits per heavy atom. The first-order valence-corrected chi connectivity index (χ1v) is 3.82. The number of aromatic nitrogens is 1. The van der Waals surface area contributed by atoms with E-state index in [2.05, 4.69) is 4.98 Å². The molecule has 0 saturated heterocycles. The van der Waals surface area contributed by atoms with Gasteiger partial charge in [0, 0.05) is 0 Å². The fraction of sp³-hybridized carbons (Fsp3) is 0.286. The highest BCUT2D eigenvalue weighted by atomic mass is 35.5. The highest BCUT2D eigenvalue weighted by molar-refractivity contribution is 6.29. The molecule has 0 radical (unpaired) electrons. The van der Waals surface area contributed by atoms with E-state index in [1.165, 1.54) is 0 Å². The van der Waals surface area contributed by atoms with E-state index in [-0.39, 0.29) is 0 Å². The van der Waals surface area contributed by atoms with Gasteiger partial charge < -0.3 is 0 Å². The van der Waals surface area contributed by atoms with Crippen LogP contribution >= 0.6 is 11.6 Å². The molecule has 0 saturated carbocycles. The van der Waals surface area contributed by atoms with E-state index >= 15 is 0 Å². The second kappa shape index (κ2) is 3.88. The minimum absolute atomic E-state index is 0.358. The summed E-state index contributed by atoms with van der Waals surface area (Å²) >= 11 is 5.06. The quantitative estimate of drug-likeness (QED) is 0.544. The molecule has 0 spiro atoms. The third-order valence-electron chi connectivity index (χ3n) is 1.46. The molecule has 1 aromatic rings. The topological polar surface area (TPSA) is 12.9 Å². The van der Waals surface area contributed by atoms with Crippen LogP contribution in [0.15, 0.2) is 6.07 Å². The monoisotopic (exact) mass is 249 g/mol.